The molecule has 0 aromatic heterocycles. The van der Waals surface area contributed by atoms with E-state index in [1.165, 1.54) is 19.3 Å². The molecule has 5 heteroatoms. The molecule has 24 heavy (non-hydrogen) atoms. The lowest BCUT2D eigenvalue weighted by atomic mass is 9.84. The van der Waals surface area contributed by atoms with Gasteiger partial charge in [-0.25, -0.2) is 4.18 Å². The van der Waals surface area contributed by atoms with Crippen molar-refractivity contribution in [3.8, 4) is 17.6 Å². The Morgan fingerprint density at radius 2 is 1.75 bits per heavy atom. The minimum atomic E-state index is -2.49. The van der Waals surface area contributed by atoms with Crippen molar-refractivity contribution < 1.29 is 17.7 Å². The molecule has 1 fully saturated rings. The zero-order chi connectivity index (χ0) is 17.6. The highest BCUT2D eigenvalue weighted by atomic mass is 32.2. The van der Waals surface area contributed by atoms with Gasteiger partial charge in [0.1, 0.15) is 5.75 Å². The average Bonchev–Trinajstić information content (AvgIpc) is 2.53. The third-order valence-electron chi connectivity index (χ3n) is 4.23. The zero-order valence-corrected chi connectivity index (χ0v) is 15.4. The maximum absolute atomic E-state index is 11.4. The van der Waals surface area contributed by atoms with Gasteiger partial charge in [-0.15, -0.1) is 0 Å². The number of hydrogen-bond donors (Lipinski definition) is 1. The van der Waals surface area contributed by atoms with Crippen molar-refractivity contribution in [1.82, 2.24) is 0 Å². The maximum atomic E-state index is 11.4. The first-order valence-corrected chi connectivity index (χ1v) is 9.43. The van der Waals surface area contributed by atoms with Gasteiger partial charge in [0.15, 0.2) is 0 Å². The largest absolute Gasteiger partial charge is 0.449 e. The molecule has 0 aliphatic heterocycles. The van der Waals surface area contributed by atoms with E-state index in [9.17, 15) is 8.76 Å². The van der Waals surface area contributed by atoms with Crippen molar-refractivity contribution >= 4 is 11.4 Å². The number of ether oxygens (including phenoxy) is 1. The Hall–Kier alpha value is -1.35. The molecule has 132 valence electrons. The lowest BCUT2D eigenvalue weighted by molar-refractivity contribution is -0.134. The predicted octanol–water partition coefficient (Wildman–Crippen LogP) is 4.54. The highest BCUT2D eigenvalue weighted by Gasteiger charge is 2.47. The maximum Gasteiger partial charge on any atom is 0.306 e. The molecule has 1 aromatic rings. The molecule has 2 atom stereocenters. The summed E-state index contributed by atoms with van der Waals surface area (Å²) in [4.78, 5) is 0. The first-order valence-electron chi connectivity index (χ1n) is 8.39. The first kappa shape index (κ1) is 19.0. The fourth-order valence-electron chi connectivity index (χ4n) is 2.73. The van der Waals surface area contributed by atoms with E-state index in [-0.39, 0.29) is 5.92 Å². The third-order valence-corrected chi connectivity index (χ3v) is 4.60. The highest BCUT2D eigenvalue weighted by Crippen LogP contribution is 2.37. The SMILES string of the molecule is CC(C)(C)C(C#CC1CCCCC1)(Oc1ccccc1)OS(=O)O. The molecule has 0 spiro atoms. The van der Waals surface area contributed by atoms with Crippen LogP contribution >= 0.6 is 0 Å². The molecule has 1 saturated carbocycles. The summed E-state index contributed by atoms with van der Waals surface area (Å²) in [5, 5.41) is 0. The van der Waals surface area contributed by atoms with Crippen molar-refractivity contribution in [2.45, 2.75) is 58.7 Å². The van der Waals surface area contributed by atoms with Crippen LogP contribution < -0.4 is 4.74 Å². The summed E-state index contributed by atoms with van der Waals surface area (Å²) < 4.78 is 32.2. The van der Waals surface area contributed by atoms with E-state index in [1.807, 2.05) is 39.0 Å². The van der Waals surface area contributed by atoms with Gasteiger partial charge in [0.05, 0.1) is 0 Å². The molecule has 4 nitrogen and oxygen atoms in total. The molecule has 2 unspecified atom stereocenters. The van der Waals surface area contributed by atoms with Crippen LogP contribution in [0.15, 0.2) is 30.3 Å². The van der Waals surface area contributed by atoms with Crippen molar-refractivity contribution in [2.75, 3.05) is 0 Å². The molecular weight excluding hydrogens is 324 g/mol. The molecule has 0 saturated heterocycles. The molecule has 1 N–H and O–H groups in total. The van der Waals surface area contributed by atoms with Gasteiger partial charge in [-0.3, -0.25) is 4.55 Å². The van der Waals surface area contributed by atoms with E-state index in [0.717, 1.165) is 12.8 Å². The van der Waals surface area contributed by atoms with Gasteiger partial charge in [0, 0.05) is 11.3 Å². The number of rotatable bonds is 4. The molecule has 1 aromatic carbocycles. The van der Waals surface area contributed by atoms with Crippen LogP contribution in [-0.4, -0.2) is 14.5 Å². The summed E-state index contributed by atoms with van der Waals surface area (Å²) in [6, 6.07) is 9.13. The fraction of sp³-hybridized carbons (Fsp3) is 0.579. The van der Waals surface area contributed by atoms with Crippen LogP contribution in [0.4, 0.5) is 0 Å². The van der Waals surface area contributed by atoms with E-state index in [1.54, 1.807) is 12.1 Å². The second-order valence-corrected chi connectivity index (χ2v) is 7.79. The van der Waals surface area contributed by atoms with Crippen LogP contribution in [0.3, 0.4) is 0 Å². The topological polar surface area (TPSA) is 55.8 Å². The van der Waals surface area contributed by atoms with Crippen LogP contribution in [0.5, 0.6) is 5.75 Å². The Kier molecular flexibility index (Phi) is 6.45. The van der Waals surface area contributed by atoms with Crippen LogP contribution in [0.1, 0.15) is 52.9 Å². The monoisotopic (exact) mass is 350 g/mol. The van der Waals surface area contributed by atoms with Gasteiger partial charge in [0.25, 0.3) is 5.79 Å². The predicted molar refractivity (Wildman–Crippen MR) is 95.5 cm³/mol. The molecular formula is C19H26O4S. The Labute approximate surface area is 147 Å². The van der Waals surface area contributed by atoms with Crippen molar-refractivity contribution in [2.24, 2.45) is 11.3 Å². The number of hydrogen-bond acceptors (Lipinski definition) is 3. The van der Waals surface area contributed by atoms with Gasteiger partial charge in [-0.2, -0.15) is 4.21 Å². The molecule has 0 radical (unpaired) electrons. The highest BCUT2D eigenvalue weighted by molar-refractivity contribution is 7.74. The summed E-state index contributed by atoms with van der Waals surface area (Å²) in [5.74, 6) is 5.67. The minimum Gasteiger partial charge on any atom is -0.449 e. The molecule has 0 heterocycles. The van der Waals surface area contributed by atoms with Crippen LogP contribution in [0.25, 0.3) is 0 Å². The van der Waals surface area contributed by atoms with E-state index in [0.29, 0.717) is 5.75 Å². The first-order chi connectivity index (χ1) is 11.3. The lowest BCUT2D eigenvalue weighted by Gasteiger charge is -2.38. The normalized spacial score (nSPS) is 19.7. The third kappa shape index (κ3) is 5.07. The molecule has 1 aliphatic rings. The van der Waals surface area contributed by atoms with Gasteiger partial charge in [-0.05, 0) is 30.9 Å². The zero-order valence-electron chi connectivity index (χ0n) is 14.6. The molecule has 0 bridgehead atoms. The van der Waals surface area contributed by atoms with Crippen LogP contribution in [0, 0.1) is 23.2 Å². The summed E-state index contributed by atoms with van der Waals surface area (Å²) in [7, 11) is 0. The molecule has 2 rings (SSSR count). The second-order valence-electron chi connectivity index (χ2n) is 7.19. The van der Waals surface area contributed by atoms with E-state index < -0.39 is 22.6 Å². The molecule has 0 amide bonds. The van der Waals surface area contributed by atoms with Gasteiger partial charge < -0.3 is 4.74 Å². The summed E-state index contributed by atoms with van der Waals surface area (Å²) in [5.41, 5.74) is -0.622. The lowest BCUT2D eigenvalue weighted by Crippen LogP contribution is -2.50. The van der Waals surface area contributed by atoms with Crippen molar-refractivity contribution in [3.05, 3.63) is 30.3 Å². The smallest absolute Gasteiger partial charge is 0.306 e. The second kappa shape index (κ2) is 8.15. The van der Waals surface area contributed by atoms with Gasteiger partial charge >= 0.3 is 11.4 Å². The number of benzene rings is 1. The minimum absolute atomic E-state index is 0.288. The van der Waals surface area contributed by atoms with E-state index in [2.05, 4.69) is 11.8 Å². The van der Waals surface area contributed by atoms with Crippen molar-refractivity contribution in [3.63, 3.8) is 0 Å². The Balaban J connectivity index is 2.37. The average molecular weight is 350 g/mol. The van der Waals surface area contributed by atoms with Crippen LogP contribution in [0.2, 0.25) is 0 Å². The Bertz CT molecular complexity index is 606. The van der Waals surface area contributed by atoms with E-state index in [4.69, 9.17) is 8.92 Å². The van der Waals surface area contributed by atoms with Gasteiger partial charge in [-0.1, -0.05) is 64.2 Å². The quantitative estimate of drug-likeness (QED) is 0.492. The number of para-hydroxylation sites is 1. The summed E-state index contributed by atoms with van der Waals surface area (Å²) in [6.07, 6.45) is 5.71. The Morgan fingerprint density at radius 3 is 2.29 bits per heavy atom. The van der Waals surface area contributed by atoms with E-state index >= 15 is 0 Å². The molecule has 1 aliphatic carbocycles. The van der Waals surface area contributed by atoms with Gasteiger partial charge in [0.2, 0.25) is 0 Å². The summed E-state index contributed by atoms with van der Waals surface area (Å²) in [6.45, 7) is 5.66. The standard InChI is InChI=1S/C19H26O4S/c1-18(2,3)19(23-24(20)21,22-17-12-8-5-9-13-17)15-14-16-10-6-4-7-11-16/h5,8-9,12-13,16H,4,6-7,10-11H2,1-3H3,(H,20,21). The Morgan fingerprint density at radius 1 is 1.12 bits per heavy atom. The summed E-state index contributed by atoms with van der Waals surface area (Å²) >= 11 is -2.49. The fourth-order valence-corrected chi connectivity index (χ4v) is 3.25. The van der Waals surface area contributed by atoms with Crippen LogP contribution in [-0.2, 0) is 15.5 Å². The van der Waals surface area contributed by atoms with Crippen molar-refractivity contribution in [1.29, 1.82) is 0 Å².